The van der Waals surface area contributed by atoms with Gasteiger partial charge >= 0.3 is 0 Å². The van der Waals surface area contributed by atoms with E-state index < -0.39 is 0 Å². The third kappa shape index (κ3) is 3.04. The van der Waals surface area contributed by atoms with Crippen LogP contribution in [0.15, 0.2) is 24.4 Å². The number of hydrogen-bond acceptors (Lipinski definition) is 2. The zero-order valence-corrected chi connectivity index (χ0v) is 16.4. The van der Waals surface area contributed by atoms with E-state index in [0.717, 1.165) is 50.6 Å². The molecular weight excluding hydrogens is 334 g/mol. The van der Waals surface area contributed by atoms with Gasteiger partial charge in [0.2, 0.25) is 5.91 Å². The van der Waals surface area contributed by atoms with Gasteiger partial charge in [0.15, 0.2) is 0 Å². The van der Waals surface area contributed by atoms with Gasteiger partial charge in [-0.15, -0.1) is 0 Å². The Hall–Kier alpha value is -2.28. The van der Waals surface area contributed by atoms with Crippen LogP contribution >= 0.6 is 0 Å². The number of nitrogens with one attached hydrogen (secondary N) is 1. The van der Waals surface area contributed by atoms with E-state index in [0.29, 0.717) is 6.42 Å². The van der Waals surface area contributed by atoms with E-state index >= 15 is 0 Å². The molecule has 142 valence electrons. The summed E-state index contributed by atoms with van der Waals surface area (Å²) in [5.74, 6) is 0.381. The molecule has 27 heavy (non-hydrogen) atoms. The molecule has 1 N–H and O–H groups in total. The van der Waals surface area contributed by atoms with E-state index in [2.05, 4.69) is 54.2 Å². The fourth-order valence-corrected chi connectivity index (χ4v) is 5.45. The lowest BCUT2D eigenvalue weighted by Crippen LogP contribution is -2.55. The molecule has 4 heteroatoms. The summed E-state index contributed by atoms with van der Waals surface area (Å²) in [6, 6.07) is 9.02. The second-order valence-electron chi connectivity index (χ2n) is 8.57. The van der Waals surface area contributed by atoms with Crippen molar-refractivity contribution < 1.29 is 4.79 Å². The number of fused-ring (bicyclic) bond motifs is 2. The minimum atomic E-state index is -0.299. The molecular formula is C23H29N3O. The van der Waals surface area contributed by atoms with Crippen molar-refractivity contribution in [3.63, 3.8) is 0 Å². The Labute approximate surface area is 161 Å². The van der Waals surface area contributed by atoms with E-state index in [1.165, 1.54) is 16.5 Å². The summed E-state index contributed by atoms with van der Waals surface area (Å²) >= 11 is 0. The Balaban J connectivity index is 1.55. The van der Waals surface area contributed by atoms with Crippen molar-refractivity contribution in [2.45, 2.75) is 70.8 Å². The molecule has 0 radical (unpaired) electrons. The van der Waals surface area contributed by atoms with Crippen molar-refractivity contribution in [1.82, 2.24) is 9.88 Å². The molecule has 1 amide bonds. The standard InChI is InChI=1S/C23H29N3O/c1-16-7-5-8-19-22(16)18(14-25-19)17(2)13-21(27)26-12-6-11-23(15-24)10-4-3-9-20(23)26/h5,7-8,14,17,20,25H,3-4,6,9-13H2,1-2H3. The quantitative estimate of drug-likeness (QED) is 0.830. The van der Waals surface area contributed by atoms with Crippen LogP contribution in [0, 0.1) is 23.7 Å². The van der Waals surface area contributed by atoms with E-state index in [-0.39, 0.29) is 23.3 Å². The number of aromatic amines is 1. The van der Waals surface area contributed by atoms with Crippen LogP contribution in [0.5, 0.6) is 0 Å². The lowest BCUT2D eigenvalue weighted by molar-refractivity contribution is -0.140. The highest BCUT2D eigenvalue weighted by atomic mass is 16.2. The summed E-state index contributed by atoms with van der Waals surface area (Å²) in [5.41, 5.74) is 3.31. The highest BCUT2D eigenvalue weighted by Crippen LogP contribution is 2.46. The Morgan fingerprint density at radius 3 is 3.00 bits per heavy atom. The van der Waals surface area contributed by atoms with Crippen LogP contribution in [0.25, 0.3) is 10.9 Å². The monoisotopic (exact) mass is 363 g/mol. The molecule has 1 aliphatic heterocycles. The Morgan fingerprint density at radius 2 is 2.19 bits per heavy atom. The van der Waals surface area contributed by atoms with E-state index in [4.69, 9.17) is 0 Å². The lowest BCUT2D eigenvalue weighted by Gasteiger charge is -2.49. The summed E-state index contributed by atoms with van der Waals surface area (Å²) in [4.78, 5) is 18.7. The highest BCUT2D eigenvalue weighted by Gasteiger charge is 2.47. The van der Waals surface area contributed by atoms with Crippen molar-refractivity contribution in [2.75, 3.05) is 6.54 Å². The van der Waals surface area contributed by atoms with E-state index in [9.17, 15) is 10.1 Å². The van der Waals surface area contributed by atoms with Gasteiger partial charge in [-0.2, -0.15) is 5.26 Å². The van der Waals surface area contributed by atoms with Crippen LogP contribution in [0.3, 0.4) is 0 Å². The average molecular weight is 364 g/mol. The summed E-state index contributed by atoms with van der Waals surface area (Å²) in [5, 5.41) is 11.1. The molecule has 1 aromatic heterocycles. The Kier molecular flexibility index (Phi) is 4.72. The van der Waals surface area contributed by atoms with Crippen LogP contribution in [-0.2, 0) is 4.79 Å². The molecule has 4 rings (SSSR count). The molecule has 3 atom stereocenters. The van der Waals surface area contributed by atoms with Gasteiger partial charge in [-0.3, -0.25) is 4.79 Å². The molecule has 2 heterocycles. The van der Waals surface area contributed by atoms with Gasteiger partial charge in [0.1, 0.15) is 0 Å². The van der Waals surface area contributed by atoms with Gasteiger partial charge < -0.3 is 9.88 Å². The smallest absolute Gasteiger partial charge is 0.223 e. The first-order chi connectivity index (χ1) is 13.1. The van der Waals surface area contributed by atoms with Gasteiger partial charge in [-0.25, -0.2) is 0 Å². The maximum absolute atomic E-state index is 13.2. The molecule has 2 aromatic rings. The number of nitriles is 1. The summed E-state index contributed by atoms with van der Waals surface area (Å²) in [6.45, 7) is 5.09. The second-order valence-corrected chi connectivity index (χ2v) is 8.57. The SMILES string of the molecule is Cc1cccc2[nH]cc(C(C)CC(=O)N3CCCC4(C#N)CCCCC34)c12. The van der Waals surface area contributed by atoms with Gasteiger partial charge in [-0.05, 0) is 55.7 Å². The van der Waals surface area contributed by atoms with Crippen LogP contribution < -0.4 is 0 Å². The van der Waals surface area contributed by atoms with Gasteiger partial charge in [-0.1, -0.05) is 31.9 Å². The fraction of sp³-hybridized carbons (Fsp3) is 0.565. The number of H-pyrrole nitrogens is 1. The van der Waals surface area contributed by atoms with Crippen LogP contribution in [0.2, 0.25) is 0 Å². The third-order valence-corrected chi connectivity index (χ3v) is 6.89. The molecule has 2 aliphatic rings. The van der Waals surface area contributed by atoms with Crippen molar-refractivity contribution in [3.8, 4) is 6.07 Å². The average Bonchev–Trinajstić information content (AvgIpc) is 3.13. The van der Waals surface area contributed by atoms with Crippen molar-refractivity contribution >= 4 is 16.8 Å². The second kappa shape index (κ2) is 7.03. The maximum atomic E-state index is 13.2. The number of aromatic nitrogens is 1. The Bertz CT molecular complexity index is 889. The number of carbonyl (C=O) groups excluding carboxylic acids is 1. The zero-order valence-electron chi connectivity index (χ0n) is 16.4. The normalized spacial score (nSPS) is 26.4. The number of nitrogens with zero attached hydrogens (tertiary/aromatic N) is 2. The number of likely N-dealkylation sites (tertiary alicyclic amines) is 1. The summed E-state index contributed by atoms with van der Waals surface area (Å²) in [7, 11) is 0. The minimum absolute atomic E-state index is 0.120. The molecule has 0 bridgehead atoms. The van der Waals surface area contributed by atoms with Crippen LogP contribution in [0.4, 0.5) is 0 Å². The molecule has 2 fully saturated rings. The molecule has 1 saturated carbocycles. The number of piperidine rings is 1. The summed E-state index contributed by atoms with van der Waals surface area (Å²) < 4.78 is 0. The van der Waals surface area contributed by atoms with Gasteiger partial charge in [0, 0.05) is 30.1 Å². The predicted octanol–water partition coefficient (Wildman–Crippen LogP) is 5.04. The predicted molar refractivity (Wildman–Crippen MR) is 107 cm³/mol. The molecule has 4 nitrogen and oxygen atoms in total. The molecule has 0 spiro atoms. The van der Waals surface area contributed by atoms with Gasteiger partial charge in [0.05, 0.1) is 17.5 Å². The number of aryl methyl sites for hydroxylation is 1. The molecule has 1 saturated heterocycles. The molecule has 1 aromatic carbocycles. The highest BCUT2D eigenvalue weighted by molar-refractivity contribution is 5.88. The number of benzene rings is 1. The van der Waals surface area contributed by atoms with Gasteiger partial charge in [0.25, 0.3) is 0 Å². The third-order valence-electron chi connectivity index (χ3n) is 6.89. The maximum Gasteiger partial charge on any atom is 0.223 e. The number of rotatable bonds is 3. The topological polar surface area (TPSA) is 59.9 Å². The first-order valence-electron chi connectivity index (χ1n) is 10.3. The zero-order chi connectivity index (χ0) is 19.0. The lowest BCUT2D eigenvalue weighted by atomic mass is 9.66. The van der Waals surface area contributed by atoms with E-state index in [1.54, 1.807) is 0 Å². The largest absolute Gasteiger partial charge is 0.361 e. The minimum Gasteiger partial charge on any atom is -0.361 e. The first kappa shape index (κ1) is 18.1. The van der Waals surface area contributed by atoms with Crippen LogP contribution in [0.1, 0.15) is 68.9 Å². The number of amides is 1. The number of hydrogen-bond donors (Lipinski definition) is 1. The van der Waals surface area contributed by atoms with E-state index in [1.807, 2.05) is 0 Å². The number of carbonyl (C=O) groups is 1. The summed E-state index contributed by atoms with van der Waals surface area (Å²) in [6.07, 6.45) is 8.68. The molecule has 3 unspecified atom stereocenters. The first-order valence-corrected chi connectivity index (χ1v) is 10.3. The van der Waals surface area contributed by atoms with Crippen molar-refractivity contribution in [3.05, 3.63) is 35.5 Å². The van der Waals surface area contributed by atoms with Crippen molar-refractivity contribution in [2.24, 2.45) is 5.41 Å². The fourth-order valence-electron chi connectivity index (χ4n) is 5.45. The van der Waals surface area contributed by atoms with Crippen LogP contribution in [-0.4, -0.2) is 28.4 Å². The molecule has 1 aliphatic carbocycles. The Morgan fingerprint density at radius 1 is 1.37 bits per heavy atom. The van der Waals surface area contributed by atoms with Crippen molar-refractivity contribution in [1.29, 1.82) is 5.26 Å².